The maximum absolute atomic E-state index is 12.6. The lowest BCUT2D eigenvalue weighted by Crippen LogP contribution is -2.42. The number of nitrogens with zero attached hydrogens (tertiary/aromatic N) is 4. The van der Waals surface area contributed by atoms with Crippen LogP contribution in [0.15, 0.2) is 41.1 Å². The van der Waals surface area contributed by atoms with Crippen molar-refractivity contribution in [2.24, 2.45) is 16.0 Å². The van der Waals surface area contributed by atoms with Crippen molar-refractivity contribution in [3.8, 4) is 5.75 Å². The first kappa shape index (κ1) is 19.3. The summed E-state index contributed by atoms with van der Waals surface area (Å²) in [4.78, 5) is 22.4. The average Bonchev–Trinajstić information content (AvgIpc) is 2.71. The number of rotatable bonds is 4. The molecule has 9 nitrogen and oxygen atoms in total. The lowest BCUT2D eigenvalue weighted by Gasteiger charge is -2.32. The molecule has 2 aromatic rings. The van der Waals surface area contributed by atoms with Crippen LogP contribution in [0.2, 0.25) is 0 Å². The summed E-state index contributed by atoms with van der Waals surface area (Å²) in [5.74, 6) is 0.406. The number of amides is 1. The van der Waals surface area contributed by atoms with Gasteiger partial charge in [-0.2, -0.15) is 0 Å². The summed E-state index contributed by atoms with van der Waals surface area (Å²) in [5.41, 5.74) is 6.99. The lowest BCUT2D eigenvalue weighted by atomic mass is 9.98. The Morgan fingerprint density at radius 3 is 2.83 bits per heavy atom. The van der Waals surface area contributed by atoms with Crippen molar-refractivity contribution >= 4 is 21.8 Å². The molecule has 2 aliphatic rings. The molecule has 1 amide bonds. The highest BCUT2D eigenvalue weighted by Crippen LogP contribution is 2.29. The number of hydrogen-bond acceptors (Lipinski definition) is 7. The fourth-order valence-corrected chi connectivity index (χ4v) is 4.77. The van der Waals surface area contributed by atoms with Crippen LogP contribution in [0.25, 0.3) is 0 Å². The Labute approximate surface area is 168 Å². The van der Waals surface area contributed by atoms with Crippen LogP contribution in [0.1, 0.15) is 34.6 Å². The van der Waals surface area contributed by atoms with Crippen LogP contribution in [0.4, 0.5) is 0 Å². The summed E-state index contributed by atoms with van der Waals surface area (Å²) in [6, 6.07) is 6.88. The van der Waals surface area contributed by atoms with Gasteiger partial charge >= 0.3 is 0 Å². The predicted octanol–water partition coefficient (Wildman–Crippen LogP) is 0.956. The minimum atomic E-state index is -3.59. The van der Waals surface area contributed by atoms with Gasteiger partial charge in [0.2, 0.25) is 5.82 Å². The molecular formula is C19H21N5O4S. The summed E-state index contributed by atoms with van der Waals surface area (Å²) < 4.78 is 33.2. The maximum Gasteiger partial charge on any atom is 0.291 e. The molecule has 0 bridgehead atoms. The number of hydrogen-bond donors (Lipinski definition) is 1. The van der Waals surface area contributed by atoms with Crippen LogP contribution in [0.3, 0.4) is 0 Å². The summed E-state index contributed by atoms with van der Waals surface area (Å²) in [6.45, 7) is 1.59. The Bertz CT molecular complexity index is 1060. The Morgan fingerprint density at radius 2 is 2.03 bits per heavy atom. The van der Waals surface area contributed by atoms with Crippen LogP contribution in [0.5, 0.6) is 5.75 Å². The van der Waals surface area contributed by atoms with E-state index in [1.165, 1.54) is 0 Å². The van der Waals surface area contributed by atoms with Crippen LogP contribution in [0, 0.1) is 5.92 Å². The second-order valence-corrected chi connectivity index (χ2v) is 8.77. The van der Waals surface area contributed by atoms with E-state index >= 15 is 0 Å². The number of nitrogens with two attached hydrogens (primary N) is 1. The number of sulfonamides is 1. The SMILES string of the molecule is NC1=NS(=O)(=O)Cc2cccc(OC[C@H]3CCCN(C(=O)c4ncccn4)C3)c21. The molecule has 0 radical (unpaired) electrons. The second kappa shape index (κ2) is 7.78. The molecule has 1 aromatic heterocycles. The summed E-state index contributed by atoms with van der Waals surface area (Å²) >= 11 is 0. The minimum absolute atomic E-state index is 0.0523. The first-order valence-corrected chi connectivity index (χ1v) is 10.9. The first-order chi connectivity index (χ1) is 13.9. The smallest absolute Gasteiger partial charge is 0.291 e. The van der Waals surface area contributed by atoms with E-state index in [0.717, 1.165) is 12.8 Å². The molecule has 152 valence electrons. The summed E-state index contributed by atoms with van der Waals surface area (Å²) in [7, 11) is -3.59. The van der Waals surface area contributed by atoms with Gasteiger partial charge in [0.15, 0.2) is 0 Å². The van der Waals surface area contributed by atoms with Gasteiger partial charge in [-0.25, -0.2) is 18.4 Å². The maximum atomic E-state index is 12.6. The molecule has 0 saturated carbocycles. The first-order valence-electron chi connectivity index (χ1n) is 9.32. The quantitative estimate of drug-likeness (QED) is 0.787. The van der Waals surface area contributed by atoms with E-state index in [9.17, 15) is 13.2 Å². The van der Waals surface area contributed by atoms with E-state index < -0.39 is 10.0 Å². The molecule has 0 aliphatic carbocycles. The number of piperidine rings is 1. The third kappa shape index (κ3) is 4.21. The largest absolute Gasteiger partial charge is 0.492 e. The monoisotopic (exact) mass is 415 g/mol. The Hall–Kier alpha value is -3.01. The molecule has 1 fully saturated rings. The van der Waals surface area contributed by atoms with Crippen molar-refractivity contribution < 1.29 is 17.9 Å². The molecule has 4 rings (SSSR count). The fourth-order valence-electron chi connectivity index (χ4n) is 3.68. The average molecular weight is 415 g/mol. The number of fused-ring (bicyclic) bond motifs is 1. The second-order valence-electron chi connectivity index (χ2n) is 7.14. The number of benzene rings is 1. The number of carbonyl (C=O) groups is 1. The highest BCUT2D eigenvalue weighted by Gasteiger charge is 2.28. The normalized spacial score (nSPS) is 20.5. The van der Waals surface area contributed by atoms with Crippen LogP contribution >= 0.6 is 0 Å². The van der Waals surface area contributed by atoms with Crippen molar-refractivity contribution in [2.45, 2.75) is 18.6 Å². The van der Waals surface area contributed by atoms with Crippen LogP contribution < -0.4 is 10.5 Å². The molecule has 0 spiro atoms. The van der Waals surface area contributed by atoms with Crippen LogP contribution in [-0.4, -0.2) is 54.7 Å². The molecule has 1 aromatic carbocycles. The number of amidine groups is 1. The Kier molecular flexibility index (Phi) is 5.18. The molecule has 29 heavy (non-hydrogen) atoms. The fraction of sp³-hybridized carbons (Fsp3) is 0.368. The van der Waals surface area contributed by atoms with Gasteiger partial charge < -0.3 is 15.4 Å². The Balaban J connectivity index is 1.44. The number of ether oxygens (including phenoxy) is 1. The van der Waals surface area contributed by atoms with E-state index in [0.29, 0.717) is 36.6 Å². The van der Waals surface area contributed by atoms with Gasteiger partial charge in [0.05, 0.1) is 17.9 Å². The van der Waals surface area contributed by atoms with Gasteiger partial charge in [-0.05, 0) is 30.5 Å². The topological polar surface area (TPSA) is 128 Å². The van der Waals surface area contributed by atoms with Gasteiger partial charge in [-0.3, -0.25) is 4.79 Å². The van der Waals surface area contributed by atoms with Crippen LogP contribution in [-0.2, 0) is 15.8 Å². The Morgan fingerprint density at radius 1 is 1.24 bits per heavy atom. The van der Waals surface area contributed by atoms with Crippen molar-refractivity contribution in [1.29, 1.82) is 0 Å². The molecule has 0 unspecified atom stereocenters. The molecule has 10 heteroatoms. The minimum Gasteiger partial charge on any atom is -0.492 e. The summed E-state index contributed by atoms with van der Waals surface area (Å²) in [5, 5.41) is 0. The van der Waals surface area contributed by atoms with E-state index in [1.807, 2.05) is 0 Å². The van der Waals surface area contributed by atoms with Crippen molar-refractivity contribution in [1.82, 2.24) is 14.9 Å². The molecule has 3 heterocycles. The van der Waals surface area contributed by atoms with Gasteiger partial charge in [0.1, 0.15) is 11.6 Å². The van der Waals surface area contributed by atoms with E-state index in [-0.39, 0.29) is 29.2 Å². The van der Waals surface area contributed by atoms with Crippen molar-refractivity contribution in [3.05, 3.63) is 53.6 Å². The van der Waals surface area contributed by atoms with E-state index in [4.69, 9.17) is 10.5 Å². The highest BCUT2D eigenvalue weighted by molar-refractivity contribution is 7.89. The van der Waals surface area contributed by atoms with Crippen molar-refractivity contribution in [3.63, 3.8) is 0 Å². The lowest BCUT2D eigenvalue weighted by molar-refractivity contribution is 0.0621. The molecule has 2 aliphatic heterocycles. The molecule has 2 N–H and O–H groups in total. The third-order valence-electron chi connectivity index (χ3n) is 4.98. The summed E-state index contributed by atoms with van der Waals surface area (Å²) in [6.07, 6.45) is 4.89. The zero-order valence-electron chi connectivity index (χ0n) is 15.7. The number of likely N-dealkylation sites (tertiary alicyclic amines) is 1. The van der Waals surface area contributed by atoms with E-state index in [2.05, 4.69) is 14.4 Å². The van der Waals surface area contributed by atoms with Gasteiger partial charge in [0.25, 0.3) is 15.9 Å². The van der Waals surface area contributed by atoms with Gasteiger partial charge in [-0.15, -0.1) is 4.40 Å². The van der Waals surface area contributed by atoms with Gasteiger partial charge in [0, 0.05) is 31.4 Å². The third-order valence-corrected chi connectivity index (χ3v) is 6.13. The molecular weight excluding hydrogens is 394 g/mol. The molecule has 1 atom stereocenters. The van der Waals surface area contributed by atoms with Gasteiger partial charge in [-0.1, -0.05) is 12.1 Å². The number of carbonyl (C=O) groups excluding carboxylic acids is 1. The predicted molar refractivity (Wildman–Crippen MR) is 106 cm³/mol. The molecule has 1 saturated heterocycles. The van der Waals surface area contributed by atoms with E-state index in [1.54, 1.807) is 41.6 Å². The number of aromatic nitrogens is 2. The van der Waals surface area contributed by atoms with Crippen molar-refractivity contribution in [2.75, 3.05) is 19.7 Å². The standard InChI is InChI=1S/C19H21N5O4S/c20-17-16-14(12-29(26,27)23-17)5-1-6-15(16)28-11-13-4-2-9-24(10-13)19(25)18-21-7-3-8-22-18/h1,3,5-8,13H,2,4,9-12H2,(H2,20,23)/t13-/m0/s1. The zero-order valence-corrected chi connectivity index (χ0v) is 16.5. The zero-order chi connectivity index (χ0) is 20.4. The highest BCUT2D eigenvalue weighted by atomic mass is 32.2.